The number of aromatic amines is 1. The molecule has 0 unspecified atom stereocenters. The highest BCUT2D eigenvalue weighted by atomic mass is 15.1. The van der Waals surface area contributed by atoms with Crippen molar-refractivity contribution in [1.82, 2.24) is 20.2 Å². The molecular weight excluding hydrogens is 336 g/mol. The van der Waals surface area contributed by atoms with Gasteiger partial charge in [0, 0.05) is 22.8 Å². The largest absolute Gasteiger partial charge is 0.368 e. The van der Waals surface area contributed by atoms with Crippen LogP contribution in [0, 0.1) is 0 Å². The van der Waals surface area contributed by atoms with Gasteiger partial charge in [0.15, 0.2) is 0 Å². The van der Waals surface area contributed by atoms with E-state index in [1.165, 1.54) is 10.8 Å². The number of hydrogen-bond donors (Lipinski definition) is 3. The fraction of sp³-hybridized carbons (Fsp3) is 0. The molecule has 130 valence electrons. The molecular formula is C21H16N6. The van der Waals surface area contributed by atoms with Crippen LogP contribution in [0.4, 0.5) is 17.5 Å². The van der Waals surface area contributed by atoms with Crippen LogP contribution < -0.4 is 11.1 Å². The molecule has 3 aromatic carbocycles. The molecule has 5 aromatic rings. The summed E-state index contributed by atoms with van der Waals surface area (Å²) in [5.41, 5.74) is 9.57. The minimum Gasteiger partial charge on any atom is -0.368 e. The summed E-state index contributed by atoms with van der Waals surface area (Å²) in [7, 11) is 0. The summed E-state index contributed by atoms with van der Waals surface area (Å²) in [5.74, 6) is 0.887. The number of aromatic nitrogens is 4. The Morgan fingerprint density at radius 2 is 1.78 bits per heavy atom. The molecule has 0 saturated heterocycles. The third kappa shape index (κ3) is 2.73. The predicted octanol–water partition coefficient (Wildman–Crippen LogP) is 4.50. The topological polar surface area (TPSA) is 92.5 Å². The second kappa shape index (κ2) is 6.10. The fourth-order valence-electron chi connectivity index (χ4n) is 3.32. The summed E-state index contributed by atoms with van der Waals surface area (Å²) in [6.45, 7) is 0. The molecule has 0 spiro atoms. The lowest BCUT2D eigenvalue weighted by Gasteiger charge is -2.07. The van der Waals surface area contributed by atoms with Crippen molar-refractivity contribution < 1.29 is 0 Å². The number of fused-ring (bicyclic) bond motifs is 2. The molecule has 2 heterocycles. The Kier molecular flexibility index (Phi) is 3.47. The van der Waals surface area contributed by atoms with E-state index in [2.05, 4.69) is 61.9 Å². The maximum Gasteiger partial charge on any atom is 0.221 e. The molecule has 0 radical (unpaired) electrons. The maximum absolute atomic E-state index is 5.66. The zero-order valence-electron chi connectivity index (χ0n) is 14.3. The summed E-state index contributed by atoms with van der Waals surface area (Å²) in [5, 5.41) is 14.4. The highest BCUT2D eigenvalue weighted by Gasteiger charge is 2.12. The van der Waals surface area contributed by atoms with Gasteiger partial charge in [-0.2, -0.15) is 10.1 Å². The van der Waals surface area contributed by atoms with Gasteiger partial charge in [-0.15, -0.1) is 0 Å². The van der Waals surface area contributed by atoms with Crippen LogP contribution in [0.2, 0.25) is 0 Å². The van der Waals surface area contributed by atoms with E-state index >= 15 is 0 Å². The van der Waals surface area contributed by atoms with Crippen molar-refractivity contribution in [3.05, 3.63) is 72.9 Å². The molecule has 0 aliphatic heterocycles. The van der Waals surface area contributed by atoms with Gasteiger partial charge >= 0.3 is 0 Å². The van der Waals surface area contributed by atoms with Crippen molar-refractivity contribution in [2.75, 3.05) is 11.1 Å². The summed E-state index contributed by atoms with van der Waals surface area (Å²) in [6.07, 6.45) is 1.63. The van der Waals surface area contributed by atoms with Gasteiger partial charge in [-0.1, -0.05) is 42.5 Å². The Morgan fingerprint density at radius 1 is 0.889 bits per heavy atom. The molecule has 27 heavy (non-hydrogen) atoms. The van der Waals surface area contributed by atoms with Crippen molar-refractivity contribution in [3.63, 3.8) is 0 Å². The average molecular weight is 352 g/mol. The number of nitrogens with one attached hydrogen (secondary N) is 2. The van der Waals surface area contributed by atoms with Gasteiger partial charge in [0.1, 0.15) is 11.5 Å². The van der Waals surface area contributed by atoms with E-state index in [4.69, 9.17) is 5.73 Å². The summed E-state index contributed by atoms with van der Waals surface area (Å²) < 4.78 is 0. The van der Waals surface area contributed by atoms with Gasteiger partial charge in [0.25, 0.3) is 0 Å². The lowest BCUT2D eigenvalue weighted by Crippen LogP contribution is -1.98. The molecule has 0 saturated carbocycles. The Hall–Kier alpha value is -3.93. The fourth-order valence-corrected chi connectivity index (χ4v) is 3.32. The molecule has 5 rings (SSSR count). The van der Waals surface area contributed by atoms with E-state index in [9.17, 15) is 0 Å². The van der Waals surface area contributed by atoms with E-state index in [-0.39, 0.29) is 5.95 Å². The number of nitrogen functional groups attached to an aromatic ring is 1. The summed E-state index contributed by atoms with van der Waals surface area (Å²) >= 11 is 0. The molecule has 0 aliphatic rings. The SMILES string of the molecule is Nc1nccc(Nc2ccc3[nH]nc(-c4cccc5ccccc45)c3c2)n1. The second-order valence-electron chi connectivity index (χ2n) is 6.28. The maximum atomic E-state index is 5.66. The molecule has 0 fully saturated rings. The summed E-state index contributed by atoms with van der Waals surface area (Å²) in [4.78, 5) is 8.11. The van der Waals surface area contributed by atoms with Crippen molar-refractivity contribution in [2.45, 2.75) is 0 Å². The van der Waals surface area contributed by atoms with Gasteiger partial charge in [-0.05, 0) is 35.0 Å². The van der Waals surface area contributed by atoms with Crippen LogP contribution in [0.15, 0.2) is 72.9 Å². The van der Waals surface area contributed by atoms with Gasteiger partial charge in [0.2, 0.25) is 5.95 Å². The van der Waals surface area contributed by atoms with Crippen LogP contribution in [0.25, 0.3) is 32.9 Å². The molecule has 6 nitrogen and oxygen atoms in total. The number of nitrogens with two attached hydrogens (primary N) is 1. The Bertz CT molecular complexity index is 1270. The van der Waals surface area contributed by atoms with Crippen LogP contribution in [0.5, 0.6) is 0 Å². The lowest BCUT2D eigenvalue weighted by molar-refractivity contribution is 1.12. The van der Waals surface area contributed by atoms with Crippen LogP contribution in [-0.4, -0.2) is 20.2 Å². The number of rotatable bonds is 3. The van der Waals surface area contributed by atoms with Crippen molar-refractivity contribution in [3.8, 4) is 11.3 Å². The third-order valence-corrected chi connectivity index (χ3v) is 4.55. The Balaban J connectivity index is 1.63. The van der Waals surface area contributed by atoms with E-state index < -0.39 is 0 Å². The molecule has 0 amide bonds. The van der Waals surface area contributed by atoms with Gasteiger partial charge < -0.3 is 11.1 Å². The zero-order chi connectivity index (χ0) is 18.2. The van der Waals surface area contributed by atoms with Crippen molar-refractivity contribution >= 4 is 39.1 Å². The Labute approximate surface area is 155 Å². The van der Waals surface area contributed by atoms with Crippen LogP contribution in [0.1, 0.15) is 0 Å². The molecule has 0 aliphatic carbocycles. The van der Waals surface area contributed by atoms with Gasteiger partial charge in [0.05, 0.1) is 5.52 Å². The molecule has 0 bridgehead atoms. The van der Waals surface area contributed by atoms with E-state index in [1.807, 2.05) is 24.3 Å². The first kappa shape index (κ1) is 15.3. The first-order valence-corrected chi connectivity index (χ1v) is 8.60. The zero-order valence-corrected chi connectivity index (χ0v) is 14.3. The van der Waals surface area contributed by atoms with E-state index in [0.29, 0.717) is 5.82 Å². The van der Waals surface area contributed by atoms with Crippen LogP contribution in [0.3, 0.4) is 0 Å². The van der Waals surface area contributed by atoms with E-state index in [0.717, 1.165) is 27.8 Å². The lowest BCUT2D eigenvalue weighted by atomic mass is 10.00. The van der Waals surface area contributed by atoms with E-state index in [1.54, 1.807) is 12.3 Å². The van der Waals surface area contributed by atoms with Crippen molar-refractivity contribution in [1.29, 1.82) is 0 Å². The number of H-pyrrole nitrogens is 1. The van der Waals surface area contributed by atoms with Gasteiger partial charge in [-0.25, -0.2) is 4.98 Å². The molecule has 2 aromatic heterocycles. The molecule has 4 N–H and O–H groups in total. The number of nitrogens with zero attached hydrogens (tertiary/aromatic N) is 3. The summed E-state index contributed by atoms with van der Waals surface area (Å²) in [6, 6.07) is 22.4. The molecule has 6 heteroatoms. The highest BCUT2D eigenvalue weighted by Crippen LogP contribution is 2.33. The average Bonchev–Trinajstić information content (AvgIpc) is 3.11. The predicted molar refractivity (Wildman–Crippen MR) is 109 cm³/mol. The number of anilines is 3. The number of hydrogen-bond acceptors (Lipinski definition) is 5. The quantitative estimate of drug-likeness (QED) is 0.445. The minimum atomic E-state index is 0.237. The highest BCUT2D eigenvalue weighted by molar-refractivity contribution is 6.04. The van der Waals surface area contributed by atoms with Crippen LogP contribution in [-0.2, 0) is 0 Å². The monoisotopic (exact) mass is 352 g/mol. The smallest absolute Gasteiger partial charge is 0.221 e. The minimum absolute atomic E-state index is 0.237. The third-order valence-electron chi connectivity index (χ3n) is 4.55. The standard InChI is InChI=1S/C21H16N6/c22-21-23-11-10-19(25-21)24-14-8-9-18-17(12-14)20(27-26-18)16-7-3-5-13-4-1-2-6-15(13)16/h1-12H,(H,26,27)(H3,22,23,24,25). The van der Waals surface area contributed by atoms with Gasteiger partial charge in [-0.3, -0.25) is 5.10 Å². The van der Waals surface area contributed by atoms with Crippen LogP contribution >= 0.6 is 0 Å². The molecule has 0 atom stereocenters. The second-order valence-corrected chi connectivity index (χ2v) is 6.28. The Morgan fingerprint density at radius 3 is 2.70 bits per heavy atom. The normalized spacial score (nSPS) is 11.1. The van der Waals surface area contributed by atoms with Crippen molar-refractivity contribution in [2.24, 2.45) is 0 Å². The first-order valence-electron chi connectivity index (χ1n) is 8.60. The number of benzene rings is 3. The first-order chi connectivity index (χ1) is 13.3.